The molecule has 0 aliphatic heterocycles. The Balaban J connectivity index is 2.30. The molecule has 3 aromatic rings. The van der Waals surface area contributed by atoms with Crippen molar-refractivity contribution in [1.82, 2.24) is 9.97 Å². The molecule has 0 radical (unpaired) electrons. The average Bonchev–Trinajstić information content (AvgIpc) is 2.39. The Morgan fingerprint density at radius 2 is 2.06 bits per heavy atom. The van der Waals surface area contributed by atoms with Crippen LogP contribution in [0, 0.1) is 5.82 Å². The second kappa shape index (κ2) is 4.07. The van der Waals surface area contributed by atoms with Crippen molar-refractivity contribution in [2.24, 2.45) is 0 Å². The Morgan fingerprint density at radius 3 is 2.83 bits per heavy atom. The highest BCUT2D eigenvalue weighted by Gasteiger charge is 2.05. The predicted octanol–water partition coefficient (Wildman–Crippen LogP) is 2.73. The van der Waals surface area contributed by atoms with Crippen LogP contribution in [0.2, 0.25) is 0 Å². The Labute approximate surface area is 102 Å². The number of fused-ring (bicyclic) bond motifs is 1. The fraction of sp³-hybridized carbons (Fsp3) is 0. The molecule has 0 bridgehead atoms. The van der Waals surface area contributed by atoms with E-state index in [0.29, 0.717) is 16.6 Å². The fourth-order valence-corrected chi connectivity index (χ4v) is 1.90. The molecule has 0 saturated heterocycles. The molecule has 0 unspecified atom stereocenters. The summed E-state index contributed by atoms with van der Waals surface area (Å²) in [6.45, 7) is 0. The third-order valence-corrected chi connectivity index (χ3v) is 2.76. The van der Waals surface area contributed by atoms with Crippen molar-refractivity contribution < 1.29 is 4.39 Å². The summed E-state index contributed by atoms with van der Waals surface area (Å²) in [7, 11) is 0. The van der Waals surface area contributed by atoms with Gasteiger partial charge in [-0.2, -0.15) is 0 Å². The third kappa shape index (κ3) is 1.78. The average molecular weight is 240 g/mol. The minimum absolute atomic E-state index is 0.136. The fourth-order valence-electron chi connectivity index (χ4n) is 1.90. The zero-order valence-electron chi connectivity index (χ0n) is 9.35. The van der Waals surface area contributed by atoms with Crippen LogP contribution in [0.25, 0.3) is 22.2 Å². The van der Waals surface area contributed by atoms with Crippen LogP contribution < -0.4 is 5.43 Å². The van der Waals surface area contributed by atoms with E-state index in [1.165, 1.54) is 24.3 Å². The van der Waals surface area contributed by atoms with E-state index in [1.54, 1.807) is 18.5 Å². The van der Waals surface area contributed by atoms with Crippen LogP contribution in [0.3, 0.4) is 0 Å². The highest BCUT2D eigenvalue weighted by atomic mass is 19.1. The van der Waals surface area contributed by atoms with Gasteiger partial charge in [-0.15, -0.1) is 0 Å². The summed E-state index contributed by atoms with van der Waals surface area (Å²) in [6, 6.07) is 9.19. The van der Waals surface area contributed by atoms with Gasteiger partial charge in [0, 0.05) is 29.4 Å². The molecule has 3 rings (SSSR count). The minimum atomic E-state index is -0.374. The van der Waals surface area contributed by atoms with E-state index in [4.69, 9.17) is 0 Å². The number of halogens is 1. The zero-order valence-corrected chi connectivity index (χ0v) is 9.35. The van der Waals surface area contributed by atoms with Crippen LogP contribution in [-0.2, 0) is 0 Å². The Morgan fingerprint density at radius 1 is 1.17 bits per heavy atom. The Bertz CT molecular complexity index is 766. The van der Waals surface area contributed by atoms with Crippen LogP contribution in [0.1, 0.15) is 0 Å². The summed E-state index contributed by atoms with van der Waals surface area (Å²) in [5.74, 6) is -0.374. The van der Waals surface area contributed by atoms with Gasteiger partial charge in [0.2, 0.25) is 0 Å². The van der Waals surface area contributed by atoms with Gasteiger partial charge in [-0.25, -0.2) is 4.39 Å². The monoisotopic (exact) mass is 240 g/mol. The molecule has 2 heterocycles. The molecule has 0 aliphatic rings. The normalized spacial score (nSPS) is 10.7. The van der Waals surface area contributed by atoms with Crippen molar-refractivity contribution in [2.45, 2.75) is 0 Å². The molecule has 4 heteroatoms. The van der Waals surface area contributed by atoms with Crippen LogP contribution in [0.15, 0.2) is 53.6 Å². The van der Waals surface area contributed by atoms with Gasteiger partial charge in [0.25, 0.3) is 0 Å². The molecule has 0 atom stereocenters. The maximum atomic E-state index is 13.2. The summed E-state index contributed by atoms with van der Waals surface area (Å²) < 4.78 is 13.2. The highest BCUT2D eigenvalue weighted by Crippen LogP contribution is 2.17. The van der Waals surface area contributed by atoms with Gasteiger partial charge in [0.15, 0.2) is 5.43 Å². The number of aromatic nitrogens is 2. The van der Waals surface area contributed by atoms with Gasteiger partial charge in [-0.1, -0.05) is 0 Å². The van der Waals surface area contributed by atoms with Gasteiger partial charge in [0.05, 0.1) is 11.2 Å². The largest absolute Gasteiger partial charge is 0.354 e. The number of hydrogen-bond donors (Lipinski definition) is 1. The van der Waals surface area contributed by atoms with Crippen molar-refractivity contribution >= 4 is 10.9 Å². The second-order valence-corrected chi connectivity index (χ2v) is 3.98. The summed E-state index contributed by atoms with van der Waals surface area (Å²) in [5, 5.41) is 0.476. The molecule has 0 amide bonds. The zero-order chi connectivity index (χ0) is 12.5. The van der Waals surface area contributed by atoms with Gasteiger partial charge in [-0.05, 0) is 30.3 Å². The molecule has 0 saturated carbocycles. The van der Waals surface area contributed by atoms with E-state index in [0.717, 1.165) is 5.56 Å². The molecule has 88 valence electrons. The number of pyridine rings is 2. The van der Waals surface area contributed by atoms with Crippen LogP contribution >= 0.6 is 0 Å². The molecule has 2 aromatic heterocycles. The van der Waals surface area contributed by atoms with Crippen LogP contribution in [-0.4, -0.2) is 9.97 Å². The number of H-pyrrole nitrogens is 1. The van der Waals surface area contributed by atoms with E-state index < -0.39 is 0 Å². The Hall–Kier alpha value is -2.49. The summed E-state index contributed by atoms with van der Waals surface area (Å²) in [4.78, 5) is 19.0. The molecule has 0 spiro atoms. The van der Waals surface area contributed by atoms with E-state index in [2.05, 4.69) is 9.97 Å². The van der Waals surface area contributed by atoms with Crippen molar-refractivity contribution in [3.05, 3.63) is 64.8 Å². The number of hydrogen-bond acceptors (Lipinski definition) is 2. The number of benzene rings is 1. The topological polar surface area (TPSA) is 45.8 Å². The predicted molar refractivity (Wildman–Crippen MR) is 67.8 cm³/mol. The maximum Gasteiger partial charge on any atom is 0.190 e. The number of nitrogens with one attached hydrogen (secondary N) is 1. The molecule has 1 aromatic carbocycles. The van der Waals surface area contributed by atoms with Crippen LogP contribution in [0.5, 0.6) is 0 Å². The van der Waals surface area contributed by atoms with Crippen molar-refractivity contribution in [3.8, 4) is 11.3 Å². The molecule has 3 nitrogen and oxygen atoms in total. The van der Waals surface area contributed by atoms with Gasteiger partial charge in [-0.3, -0.25) is 9.78 Å². The molecular formula is C14H9FN2O. The lowest BCUT2D eigenvalue weighted by Gasteiger charge is -2.04. The van der Waals surface area contributed by atoms with Gasteiger partial charge < -0.3 is 4.98 Å². The smallest absolute Gasteiger partial charge is 0.190 e. The first-order valence-electron chi connectivity index (χ1n) is 5.47. The maximum absolute atomic E-state index is 13.2. The molecule has 0 fully saturated rings. The van der Waals surface area contributed by atoms with E-state index in [-0.39, 0.29) is 11.2 Å². The lowest BCUT2D eigenvalue weighted by molar-refractivity contribution is 0.629. The lowest BCUT2D eigenvalue weighted by Crippen LogP contribution is -2.03. The Kier molecular flexibility index (Phi) is 2.41. The van der Waals surface area contributed by atoms with Crippen molar-refractivity contribution in [3.63, 3.8) is 0 Å². The molecular weight excluding hydrogens is 231 g/mol. The first-order chi connectivity index (χ1) is 8.74. The molecule has 1 N–H and O–H groups in total. The lowest BCUT2D eigenvalue weighted by atomic mass is 10.1. The second-order valence-electron chi connectivity index (χ2n) is 3.98. The van der Waals surface area contributed by atoms with E-state index >= 15 is 0 Å². The first-order valence-corrected chi connectivity index (χ1v) is 5.47. The SMILES string of the molecule is O=c1cc(-c2cccnc2)[nH]c2cc(F)ccc12. The minimum Gasteiger partial charge on any atom is -0.354 e. The molecule has 18 heavy (non-hydrogen) atoms. The van der Waals surface area contributed by atoms with E-state index in [9.17, 15) is 9.18 Å². The summed E-state index contributed by atoms with van der Waals surface area (Å²) in [5.41, 5.74) is 1.77. The quantitative estimate of drug-likeness (QED) is 0.710. The first kappa shape index (κ1) is 10.7. The van der Waals surface area contributed by atoms with Crippen LogP contribution in [0.4, 0.5) is 4.39 Å². The van der Waals surface area contributed by atoms with Gasteiger partial charge in [0.1, 0.15) is 5.82 Å². The number of nitrogens with zero attached hydrogens (tertiary/aromatic N) is 1. The highest BCUT2D eigenvalue weighted by molar-refractivity contribution is 5.81. The van der Waals surface area contributed by atoms with E-state index in [1.807, 2.05) is 6.07 Å². The third-order valence-electron chi connectivity index (χ3n) is 2.76. The molecule has 0 aliphatic carbocycles. The van der Waals surface area contributed by atoms with Crippen molar-refractivity contribution in [2.75, 3.05) is 0 Å². The number of rotatable bonds is 1. The summed E-state index contributed by atoms with van der Waals surface area (Å²) in [6.07, 6.45) is 3.30. The van der Waals surface area contributed by atoms with Crippen molar-refractivity contribution in [1.29, 1.82) is 0 Å². The van der Waals surface area contributed by atoms with Gasteiger partial charge >= 0.3 is 0 Å². The standard InChI is InChI=1S/C14H9FN2O/c15-10-3-4-11-13(6-10)17-12(7-14(11)18)9-2-1-5-16-8-9/h1-8H,(H,17,18). The summed E-state index contributed by atoms with van der Waals surface area (Å²) >= 11 is 0. The number of aromatic amines is 1.